The van der Waals surface area contributed by atoms with Crippen LogP contribution in [0.1, 0.15) is 45.5 Å². The lowest BCUT2D eigenvalue weighted by Gasteiger charge is -2.27. The molecule has 0 radical (unpaired) electrons. The van der Waals surface area contributed by atoms with Gasteiger partial charge in [0.15, 0.2) is 5.65 Å². The average molecular weight is 367 g/mol. The Bertz CT molecular complexity index is 707. The van der Waals surface area contributed by atoms with Crippen LogP contribution >= 0.6 is 15.9 Å². The summed E-state index contributed by atoms with van der Waals surface area (Å²) in [6.07, 6.45) is 1.53. The summed E-state index contributed by atoms with van der Waals surface area (Å²) in [6, 6.07) is 3.71. The minimum Gasteiger partial charge on any atom is -0.444 e. The molecule has 3 rings (SSSR count). The number of nitrogens with one attached hydrogen (secondary N) is 1. The number of nitrogens with zero attached hydrogens (tertiary/aromatic N) is 3. The molecule has 0 aliphatic carbocycles. The molecule has 1 aliphatic rings. The molecule has 118 valence electrons. The van der Waals surface area contributed by atoms with Gasteiger partial charge in [0, 0.05) is 6.54 Å². The summed E-state index contributed by atoms with van der Waals surface area (Å²) in [5.41, 5.74) is 1.03. The summed E-state index contributed by atoms with van der Waals surface area (Å²) in [7, 11) is 0. The summed E-state index contributed by atoms with van der Waals surface area (Å²) in [5, 5.41) is 0. The molecule has 0 aromatic carbocycles. The van der Waals surface area contributed by atoms with Crippen molar-refractivity contribution in [1.29, 1.82) is 0 Å². The molecule has 1 fully saturated rings. The maximum atomic E-state index is 12.4. The van der Waals surface area contributed by atoms with Gasteiger partial charge in [-0.2, -0.15) is 0 Å². The van der Waals surface area contributed by atoms with E-state index in [2.05, 4.69) is 30.9 Å². The maximum Gasteiger partial charge on any atom is 0.410 e. The molecule has 1 saturated heterocycles. The van der Waals surface area contributed by atoms with Gasteiger partial charge in [-0.1, -0.05) is 0 Å². The molecule has 1 aliphatic heterocycles. The van der Waals surface area contributed by atoms with E-state index in [1.54, 1.807) is 4.90 Å². The van der Waals surface area contributed by atoms with Crippen molar-refractivity contribution in [2.24, 2.45) is 0 Å². The number of rotatable bonds is 1. The van der Waals surface area contributed by atoms with Gasteiger partial charge in [0.05, 0.1) is 11.6 Å². The van der Waals surface area contributed by atoms with Crippen LogP contribution in [-0.4, -0.2) is 38.1 Å². The highest BCUT2D eigenvalue weighted by atomic mass is 79.9. The molecule has 1 atom stereocenters. The molecule has 0 unspecified atom stereocenters. The van der Waals surface area contributed by atoms with E-state index in [-0.39, 0.29) is 12.1 Å². The van der Waals surface area contributed by atoms with Crippen LogP contribution in [0.3, 0.4) is 0 Å². The van der Waals surface area contributed by atoms with E-state index in [1.807, 2.05) is 32.9 Å². The van der Waals surface area contributed by atoms with Gasteiger partial charge >= 0.3 is 6.09 Å². The molecule has 0 spiro atoms. The predicted octanol–water partition coefficient (Wildman–Crippen LogP) is 3.79. The largest absolute Gasteiger partial charge is 0.444 e. The third-order valence-corrected chi connectivity index (χ3v) is 3.97. The zero-order valence-electron chi connectivity index (χ0n) is 12.9. The normalized spacial score (nSPS) is 18.9. The maximum absolute atomic E-state index is 12.4. The van der Waals surface area contributed by atoms with Gasteiger partial charge in [-0.15, -0.1) is 0 Å². The number of imidazole rings is 1. The number of H-pyrrole nitrogens is 1. The lowest BCUT2D eigenvalue weighted by molar-refractivity contribution is 0.0219. The number of amides is 1. The number of ether oxygens (including phenoxy) is 1. The van der Waals surface area contributed by atoms with Crippen molar-refractivity contribution in [2.45, 2.75) is 45.3 Å². The zero-order valence-corrected chi connectivity index (χ0v) is 14.5. The van der Waals surface area contributed by atoms with Crippen molar-refractivity contribution < 1.29 is 9.53 Å². The van der Waals surface area contributed by atoms with Gasteiger partial charge in [0.25, 0.3) is 0 Å². The number of carbonyl (C=O) groups excluding carboxylic acids is 1. The van der Waals surface area contributed by atoms with Gasteiger partial charge in [-0.25, -0.2) is 14.8 Å². The number of aromatic amines is 1. The average Bonchev–Trinajstić information content (AvgIpc) is 3.01. The number of fused-ring (bicyclic) bond motifs is 1. The van der Waals surface area contributed by atoms with Crippen LogP contribution in [-0.2, 0) is 4.74 Å². The quantitative estimate of drug-likeness (QED) is 0.779. The minimum absolute atomic E-state index is 0.0807. The predicted molar refractivity (Wildman–Crippen MR) is 86.5 cm³/mol. The molecule has 7 heteroatoms. The van der Waals surface area contributed by atoms with Gasteiger partial charge in [-0.3, -0.25) is 4.90 Å². The molecule has 2 aromatic heterocycles. The third kappa shape index (κ3) is 3.09. The van der Waals surface area contributed by atoms with Crippen LogP contribution in [0.5, 0.6) is 0 Å². The van der Waals surface area contributed by atoms with Crippen molar-refractivity contribution in [3.63, 3.8) is 0 Å². The first kappa shape index (κ1) is 15.3. The highest BCUT2D eigenvalue weighted by molar-refractivity contribution is 9.10. The van der Waals surface area contributed by atoms with E-state index in [0.717, 1.165) is 28.8 Å². The molecular formula is C15H19BrN4O2. The first-order chi connectivity index (χ1) is 10.3. The molecule has 3 heterocycles. The van der Waals surface area contributed by atoms with Gasteiger partial charge in [-0.05, 0) is 61.7 Å². The molecular weight excluding hydrogens is 348 g/mol. The first-order valence-corrected chi connectivity index (χ1v) is 8.14. The number of likely N-dealkylation sites (tertiary alicyclic amines) is 1. The Morgan fingerprint density at radius 3 is 2.91 bits per heavy atom. The molecule has 0 bridgehead atoms. The first-order valence-electron chi connectivity index (χ1n) is 7.35. The summed E-state index contributed by atoms with van der Waals surface area (Å²) in [5.74, 6) is 0.768. The Labute approximate surface area is 137 Å². The van der Waals surface area contributed by atoms with Crippen molar-refractivity contribution in [3.05, 3.63) is 22.6 Å². The van der Waals surface area contributed by atoms with Crippen molar-refractivity contribution >= 4 is 33.2 Å². The number of halogens is 1. The second kappa shape index (κ2) is 5.53. The Morgan fingerprint density at radius 2 is 2.18 bits per heavy atom. The standard InChI is InChI=1S/C15H19BrN4O2/c1-15(2,3)22-14(21)20-8-4-5-10(20)13-17-9-6-7-11(16)18-12(9)19-13/h6-7,10H,4-5,8H2,1-3H3,(H,17,18,19)/t10-/m1/s1. The van der Waals surface area contributed by atoms with Crippen LogP contribution in [0.4, 0.5) is 4.79 Å². The van der Waals surface area contributed by atoms with Gasteiger partial charge in [0.1, 0.15) is 16.0 Å². The Hall–Kier alpha value is -1.63. The SMILES string of the molecule is CC(C)(C)OC(=O)N1CCC[C@@H]1c1nc2nc(Br)ccc2[nH]1. The molecule has 22 heavy (non-hydrogen) atoms. The van der Waals surface area contributed by atoms with Crippen LogP contribution < -0.4 is 0 Å². The summed E-state index contributed by atoms with van der Waals surface area (Å²) in [6.45, 7) is 6.31. The number of carbonyl (C=O) groups is 1. The van der Waals surface area contributed by atoms with Crippen LogP contribution in [0, 0.1) is 0 Å². The fourth-order valence-corrected chi connectivity index (χ4v) is 2.94. The van der Waals surface area contributed by atoms with Gasteiger partial charge in [0.2, 0.25) is 0 Å². The lowest BCUT2D eigenvalue weighted by atomic mass is 10.2. The number of hydrogen-bond acceptors (Lipinski definition) is 4. The summed E-state index contributed by atoms with van der Waals surface area (Å²) in [4.78, 5) is 26.2. The Morgan fingerprint density at radius 1 is 1.41 bits per heavy atom. The fraction of sp³-hybridized carbons (Fsp3) is 0.533. The van der Waals surface area contributed by atoms with Gasteiger partial charge < -0.3 is 9.72 Å². The van der Waals surface area contributed by atoms with Crippen molar-refractivity contribution in [1.82, 2.24) is 19.9 Å². The van der Waals surface area contributed by atoms with Crippen molar-refractivity contribution in [2.75, 3.05) is 6.54 Å². The second-order valence-corrected chi connectivity index (χ2v) is 7.27. The molecule has 0 saturated carbocycles. The van der Waals surface area contributed by atoms with E-state index in [4.69, 9.17) is 4.74 Å². The zero-order chi connectivity index (χ0) is 15.9. The van der Waals surface area contributed by atoms with Crippen LogP contribution in [0.2, 0.25) is 0 Å². The van der Waals surface area contributed by atoms with E-state index in [9.17, 15) is 4.79 Å². The molecule has 1 N–H and O–H groups in total. The highest BCUT2D eigenvalue weighted by Crippen LogP contribution is 2.32. The summed E-state index contributed by atoms with van der Waals surface area (Å²) >= 11 is 3.34. The third-order valence-electron chi connectivity index (χ3n) is 3.53. The Kier molecular flexibility index (Phi) is 3.84. The highest BCUT2D eigenvalue weighted by Gasteiger charge is 2.35. The van der Waals surface area contributed by atoms with E-state index in [0.29, 0.717) is 12.2 Å². The molecule has 1 amide bonds. The topological polar surface area (TPSA) is 71.1 Å². The summed E-state index contributed by atoms with van der Waals surface area (Å²) < 4.78 is 6.23. The molecule has 6 nitrogen and oxygen atoms in total. The fourth-order valence-electron chi connectivity index (χ4n) is 2.64. The second-order valence-electron chi connectivity index (χ2n) is 6.46. The van der Waals surface area contributed by atoms with Crippen LogP contribution in [0.15, 0.2) is 16.7 Å². The van der Waals surface area contributed by atoms with E-state index >= 15 is 0 Å². The number of hydrogen-bond donors (Lipinski definition) is 1. The molecule has 2 aromatic rings. The van der Waals surface area contributed by atoms with E-state index < -0.39 is 5.60 Å². The Balaban J connectivity index is 1.86. The number of pyridine rings is 1. The number of aromatic nitrogens is 3. The smallest absolute Gasteiger partial charge is 0.410 e. The monoisotopic (exact) mass is 366 g/mol. The van der Waals surface area contributed by atoms with Crippen LogP contribution in [0.25, 0.3) is 11.2 Å². The van der Waals surface area contributed by atoms with E-state index in [1.165, 1.54) is 0 Å². The van der Waals surface area contributed by atoms with Crippen molar-refractivity contribution in [3.8, 4) is 0 Å². The minimum atomic E-state index is -0.496. The lowest BCUT2D eigenvalue weighted by Crippen LogP contribution is -2.36.